The van der Waals surface area contributed by atoms with Crippen molar-refractivity contribution in [3.8, 4) is 0 Å². The van der Waals surface area contributed by atoms with Crippen molar-refractivity contribution in [3.63, 3.8) is 0 Å². The van der Waals surface area contributed by atoms with Crippen LogP contribution >= 0.6 is 35.3 Å². The molecule has 1 saturated carbocycles. The van der Waals surface area contributed by atoms with E-state index in [1.807, 2.05) is 6.92 Å². The summed E-state index contributed by atoms with van der Waals surface area (Å²) in [5, 5.41) is 17.3. The van der Waals surface area contributed by atoms with Crippen molar-refractivity contribution in [3.05, 3.63) is 16.1 Å². The van der Waals surface area contributed by atoms with Crippen LogP contribution < -0.4 is 10.6 Å². The van der Waals surface area contributed by atoms with Gasteiger partial charge in [0.2, 0.25) is 0 Å². The van der Waals surface area contributed by atoms with E-state index in [9.17, 15) is 18.3 Å². The molecule has 0 saturated heterocycles. The highest BCUT2D eigenvalue weighted by molar-refractivity contribution is 14.0. The number of alkyl halides is 3. The number of hydrogen-bond acceptors (Lipinski definition) is 4. The fourth-order valence-corrected chi connectivity index (χ4v) is 2.74. The molecular weight excluding hydrogens is 444 g/mol. The smallest absolute Gasteiger partial charge is 0.388 e. The number of rotatable bonds is 5. The molecular formula is C13H20F3IN4OS. The highest BCUT2D eigenvalue weighted by Gasteiger charge is 2.34. The van der Waals surface area contributed by atoms with Crippen LogP contribution in [-0.4, -0.2) is 34.7 Å². The van der Waals surface area contributed by atoms with Crippen molar-refractivity contribution in [2.75, 3.05) is 13.1 Å². The van der Waals surface area contributed by atoms with E-state index in [1.54, 1.807) is 0 Å². The van der Waals surface area contributed by atoms with Crippen molar-refractivity contribution >= 4 is 41.3 Å². The fraction of sp³-hybridized carbons (Fsp3) is 0.692. The number of aliphatic imine (C=N–C) groups is 1. The summed E-state index contributed by atoms with van der Waals surface area (Å²) in [7, 11) is 0. The summed E-state index contributed by atoms with van der Waals surface area (Å²) in [6, 6.07) is 0. The van der Waals surface area contributed by atoms with E-state index in [2.05, 4.69) is 20.6 Å². The Hall–Kier alpha value is -0.620. The van der Waals surface area contributed by atoms with Crippen LogP contribution in [0.25, 0.3) is 0 Å². The minimum atomic E-state index is -4.42. The molecule has 0 bridgehead atoms. The van der Waals surface area contributed by atoms with Gasteiger partial charge < -0.3 is 15.7 Å². The average molecular weight is 464 g/mol. The van der Waals surface area contributed by atoms with E-state index in [0.717, 1.165) is 36.0 Å². The molecule has 1 heterocycles. The van der Waals surface area contributed by atoms with Crippen molar-refractivity contribution in [2.24, 2.45) is 4.99 Å². The van der Waals surface area contributed by atoms with E-state index < -0.39 is 17.5 Å². The summed E-state index contributed by atoms with van der Waals surface area (Å²) < 4.78 is 37.4. The Morgan fingerprint density at radius 3 is 2.61 bits per heavy atom. The molecule has 3 N–H and O–H groups in total. The van der Waals surface area contributed by atoms with Crippen molar-refractivity contribution in [2.45, 2.75) is 44.5 Å². The molecule has 2 rings (SSSR count). The molecule has 0 atom stereocenters. The van der Waals surface area contributed by atoms with Gasteiger partial charge in [-0.1, -0.05) is 0 Å². The second-order valence-corrected chi connectivity index (χ2v) is 6.19. The highest BCUT2D eigenvalue weighted by atomic mass is 127. The lowest BCUT2D eigenvalue weighted by molar-refractivity contribution is -0.140. The van der Waals surface area contributed by atoms with Crippen molar-refractivity contribution in [1.82, 2.24) is 15.6 Å². The molecule has 0 aliphatic heterocycles. The van der Waals surface area contributed by atoms with Crippen LogP contribution in [0.4, 0.5) is 13.2 Å². The molecule has 0 spiro atoms. The largest absolute Gasteiger partial charge is 0.434 e. The minimum Gasteiger partial charge on any atom is -0.388 e. The van der Waals surface area contributed by atoms with Gasteiger partial charge in [-0.3, -0.25) is 0 Å². The van der Waals surface area contributed by atoms with Crippen molar-refractivity contribution in [1.29, 1.82) is 0 Å². The highest BCUT2D eigenvalue weighted by Crippen LogP contribution is 2.31. The zero-order chi connectivity index (χ0) is 16.2. The molecule has 1 aliphatic rings. The molecule has 0 radical (unpaired) electrons. The van der Waals surface area contributed by atoms with Crippen LogP contribution in [0.5, 0.6) is 0 Å². The van der Waals surface area contributed by atoms with Gasteiger partial charge in [0.1, 0.15) is 5.01 Å². The number of aromatic nitrogens is 1. The first-order chi connectivity index (χ1) is 10.3. The molecule has 1 aliphatic carbocycles. The third-order valence-electron chi connectivity index (χ3n) is 3.43. The Balaban J connectivity index is 0.00000264. The first kappa shape index (κ1) is 20.4. The first-order valence-corrected chi connectivity index (χ1v) is 7.96. The Bertz CT molecular complexity index is 532. The lowest BCUT2D eigenvalue weighted by Crippen LogP contribution is -2.50. The maximum atomic E-state index is 12.5. The summed E-state index contributed by atoms with van der Waals surface area (Å²) in [6.07, 6.45) is -1.92. The summed E-state index contributed by atoms with van der Waals surface area (Å²) in [6.45, 7) is 2.95. The minimum absolute atomic E-state index is 0. The number of aliphatic hydroxyl groups is 1. The van der Waals surface area contributed by atoms with E-state index in [1.165, 1.54) is 0 Å². The van der Waals surface area contributed by atoms with Gasteiger partial charge in [-0.05, 0) is 26.2 Å². The average Bonchev–Trinajstić information content (AvgIpc) is 2.88. The predicted octanol–water partition coefficient (Wildman–Crippen LogP) is 2.75. The van der Waals surface area contributed by atoms with Gasteiger partial charge in [-0.15, -0.1) is 35.3 Å². The van der Waals surface area contributed by atoms with Gasteiger partial charge in [0.05, 0.1) is 12.1 Å². The van der Waals surface area contributed by atoms with Crippen LogP contribution in [0.1, 0.15) is 36.9 Å². The monoisotopic (exact) mass is 464 g/mol. The molecule has 1 aromatic heterocycles. The number of nitrogens with zero attached hydrogens (tertiary/aromatic N) is 2. The fourth-order valence-electron chi connectivity index (χ4n) is 2.01. The van der Waals surface area contributed by atoms with Gasteiger partial charge in [0.25, 0.3) is 0 Å². The maximum absolute atomic E-state index is 12.5. The van der Waals surface area contributed by atoms with Crippen LogP contribution in [0, 0.1) is 0 Å². The first-order valence-electron chi connectivity index (χ1n) is 7.08. The Kier molecular flexibility index (Phi) is 7.52. The molecule has 1 fully saturated rings. The second-order valence-electron chi connectivity index (χ2n) is 5.25. The SMILES string of the molecule is CCNC(=NCc1nc(C(F)(F)F)cs1)NCC1(O)CCC1.I. The quantitative estimate of drug-likeness (QED) is 0.356. The summed E-state index contributed by atoms with van der Waals surface area (Å²) in [5.41, 5.74) is -1.58. The van der Waals surface area contributed by atoms with Gasteiger partial charge in [0, 0.05) is 18.5 Å². The third kappa shape index (κ3) is 6.07. The Morgan fingerprint density at radius 1 is 1.43 bits per heavy atom. The molecule has 0 amide bonds. The van der Waals surface area contributed by atoms with E-state index >= 15 is 0 Å². The molecule has 0 aromatic carbocycles. The maximum Gasteiger partial charge on any atom is 0.434 e. The second kappa shape index (κ2) is 8.47. The number of halogens is 4. The predicted molar refractivity (Wildman–Crippen MR) is 94.2 cm³/mol. The van der Waals surface area contributed by atoms with Crippen LogP contribution in [0.2, 0.25) is 0 Å². The van der Waals surface area contributed by atoms with Gasteiger partial charge >= 0.3 is 6.18 Å². The standard InChI is InChI=1S/C13H19F3N4OS.HI/c1-2-17-11(19-8-12(21)4-3-5-12)18-6-10-20-9(7-22-10)13(14,15)16;/h7,21H,2-6,8H2,1H3,(H2,17,18,19);1H. The van der Waals surface area contributed by atoms with Gasteiger partial charge in [-0.25, -0.2) is 9.98 Å². The number of guanidine groups is 1. The number of thiazole rings is 1. The van der Waals surface area contributed by atoms with E-state index in [4.69, 9.17) is 0 Å². The van der Waals surface area contributed by atoms with E-state index in [-0.39, 0.29) is 30.5 Å². The van der Waals surface area contributed by atoms with E-state index in [0.29, 0.717) is 24.1 Å². The summed E-state index contributed by atoms with van der Waals surface area (Å²) in [4.78, 5) is 7.74. The topological polar surface area (TPSA) is 69.5 Å². The number of nitrogens with one attached hydrogen (secondary N) is 2. The zero-order valence-corrected chi connectivity index (χ0v) is 15.8. The zero-order valence-electron chi connectivity index (χ0n) is 12.6. The van der Waals surface area contributed by atoms with Crippen LogP contribution in [-0.2, 0) is 12.7 Å². The van der Waals surface area contributed by atoms with Crippen LogP contribution in [0.15, 0.2) is 10.4 Å². The Labute approximate surface area is 153 Å². The lowest BCUT2D eigenvalue weighted by Gasteiger charge is -2.36. The summed E-state index contributed by atoms with van der Waals surface area (Å²) in [5.74, 6) is 0.464. The normalized spacial score (nSPS) is 17.2. The number of hydrogen-bond donors (Lipinski definition) is 3. The molecule has 1 aromatic rings. The molecule has 132 valence electrons. The molecule has 23 heavy (non-hydrogen) atoms. The van der Waals surface area contributed by atoms with Gasteiger partial charge in [-0.2, -0.15) is 13.2 Å². The lowest BCUT2D eigenvalue weighted by atomic mass is 9.80. The molecule has 5 nitrogen and oxygen atoms in total. The third-order valence-corrected chi connectivity index (χ3v) is 4.26. The van der Waals surface area contributed by atoms with Crippen molar-refractivity contribution < 1.29 is 18.3 Å². The Morgan fingerprint density at radius 2 is 2.13 bits per heavy atom. The molecule has 0 unspecified atom stereocenters. The summed E-state index contributed by atoms with van der Waals surface area (Å²) >= 11 is 0.933. The molecule has 10 heteroatoms. The van der Waals surface area contributed by atoms with Crippen LogP contribution in [0.3, 0.4) is 0 Å². The van der Waals surface area contributed by atoms with Gasteiger partial charge in [0.15, 0.2) is 11.7 Å².